The molecule has 0 bridgehead atoms. The van der Waals surface area contributed by atoms with E-state index >= 15 is 0 Å². The van der Waals surface area contributed by atoms with Gasteiger partial charge in [0.2, 0.25) is 11.4 Å². The number of anilines is 2. The van der Waals surface area contributed by atoms with Crippen LogP contribution in [-0.2, 0) is 16.6 Å². The average Bonchev–Trinajstić information content (AvgIpc) is 3.13. The summed E-state index contributed by atoms with van der Waals surface area (Å²) >= 11 is 1.54. The third-order valence-electron chi connectivity index (χ3n) is 8.72. The number of hydrogen-bond donors (Lipinski definition) is 4. The number of thioether (sulfide) groups is 1. The normalized spacial score (nSPS) is 14.4. The molecule has 286 valence electrons. The summed E-state index contributed by atoms with van der Waals surface area (Å²) in [7, 11) is -1.85. The molecule has 0 saturated carbocycles. The Balaban J connectivity index is 0.000000190. The Kier molecular flexibility index (Phi) is 11.2. The van der Waals surface area contributed by atoms with E-state index in [1.54, 1.807) is 24.5 Å². The maximum atomic E-state index is 15.0. The molecule has 3 aromatic carbocycles. The van der Waals surface area contributed by atoms with Gasteiger partial charge in [0.1, 0.15) is 22.7 Å². The fourth-order valence-electron chi connectivity index (χ4n) is 6.04. The van der Waals surface area contributed by atoms with E-state index in [4.69, 9.17) is 5.11 Å². The molecule has 1 fully saturated rings. The summed E-state index contributed by atoms with van der Waals surface area (Å²) in [4.78, 5) is 48.0. The Labute approximate surface area is 318 Å². The second kappa shape index (κ2) is 15.8. The lowest BCUT2D eigenvalue weighted by atomic mass is 10.1. The standard InChI is InChI=1S/C19H17N5O5S.C17H18FN3O3S/c1-11-9-12(2)21-19(20-11)24-30(28,29)15-6-3-13(4-7-15)22-23-14-5-8-17(25)16(10-14)18(26)27;1-19-2-4-20(5-3-19)14-12(18)8-10-13-16(14)25-7-6-21(13)9-11(15(10)22)17(23)24/h3-10,25H,1-2H3,(H,26,27)(H,20,21,24);8-9H,2-7H2,1H3,(H,23,24). The summed E-state index contributed by atoms with van der Waals surface area (Å²) in [6.07, 6.45) is 1.39. The van der Waals surface area contributed by atoms with Gasteiger partial charge in [-0.15, -0.1) is 11.8 Å². The molecule has 0 aliphatic carbocycles. The van der Waals surface area contributed by atoms with Crippen molar-refractivity contribution in [1.82, 2.24) is 19.4 Å². The first kappa shape index (κ1) is 38.8. The SMILES string of the molecule is CN1CCN(c2c(F)cc3c(=O)c(C(=O)O)cn4c3c2SCC4)CC1.Cc1cc(C)nc(NS(=O)(=O)c2ccc(N=Nc3ccc(O)c(C(=O)O)c3)cc2)n1. The molecular weight excluding hydrogens is 756 g/mol. The van der Waals surface area contributed by atoms with E-state index in [0.29, 0.717) is 40.6 Å². The number of likely N-dealkylation sites (N-methyl/N-ethyl adjacent to an activating group) is 1. The zero-order chi connectivity index (χ0) is 39.6. The van der Waals surface area contributed by atoms with Crippen LogP contribution in [0.25, 0.3) is 10.9 Å². The van der Waals surface area contributed by atoms with Gasteiger partial charge in [0.15, 0.2) is 0 Å². The largest absolute Gasteiger partial charge is 0.507 e. The maximum Gasteiger partial charge on any atom is 0.341 e. The van der Waals surface area contributed by atoms with Gasteiger partial charge in [-0.2, -0.15) is 10.2 Å². The minimum Gasteiger partial charge on any atom is -0.507 e. The van der Waals surface area contributed by atoms with Gasteiger partial charge >= 0.3 is 11.9 Å². The average molecular weight is 791 g/mol. The van der Waals surface area contributed by atoms with Crippen LogP contribution in [0.4, 0.5) is 27.4 Å². The zero-order valence-corrected chi connectivity index (χ0v) is 31.4. The molecule has 4 heterocycles. The molecule has 7 rings (SSSR count). The molecule has 1 saturated heterocycles. The number of halogens is 1. The number of aromatic nitrogens is 3. The number of carboxylic acids is 2. The van der Waals surface area contributed by atoms with Crippen molar-refractivity contribution < 1.29 is 37.7 Å². The smallest absolute Gasteiger partial charge is 0.341 e. The third-order valence-corrected chi connectivity index (χ3v) is 11.1. The highest BCUT2D eigenvalue weighted by molar-refractivity contribution is 7.99. The number of carboxylic acid groups (broad SMARTS) is 2. The fraction of sp³-hybridized carbons (Fsp3) is 0.250. The van der Waals surface area contributed by atoms with Crippen molar-refractivity contribution in [2.75, 3.05) is 48.6 Å². The summed E-state index contributed by atoms with van der Waals surface area (Å²) in [5.74, 6) is -2.70. The molecule has 0 unspecified atom stereocenters. The lowest BCUT2D eigenvalue weighted by Crippen LogP contribution is -2.45. The fourth-order valence-corrected chi connectivity index (χ4v) is 8.20. The molecule has 2 aliphatic rings. The molecular formula is C36H35FN8O8S2. The van der Waals surface area contributed by atoms with E-state index in [1.165, 1.54) is 66.5 Å². The number of pyridine rings is 1. The first-order valence-electron chi connectivity index (χ1n) is 16.7. The van der Waals surface area contributed by atoms with Gasteiger partial charge < -0.3 is 29.7 Å². The molecule has 16 nitrogen and oxygen atoms in total. The summed E-state index contributed by atoms with van der Waals surface area (Å²) < 4.78 is 44.1. The molecule has 5 aromatic rings. The van der Waals surface area contributed by atoms with Gasteiger partial charge in [0.05, 0.1) is 37.8 Å². The van der Waals surface area contributed by atoms with E-state index in [0.717, 1.165) is 31.1 Å². The number of aromatic carboxylic acids is 2. The summed E-state index contributed by atoms with van der Waals surface area (Å²) in [6.45, 7) is 7.23. The maximum absolute atomic E-state index is 15.0. The quantitative estimate of drug-likeness (QED) is 0.145. The molecule has 2 aromatic heterocycles. The van der Waals surface area contributed by atoms with Gasteiger partial charge in [-0.3, -0.25) is 4.79 Å². The van der Waals surface area contributed by atoms with E-state index in [1.807, 2.05) is 11.9 Å². The number of benzene rings is 3. The second-order valence-corrected chi connectivity index (χ2v) is 15.5. The molecule has 19 heteroatoms. The molecule has 0 spiro atoms. The number of azo groups is 1. The minimum atomic E-state index is -3.89. The van der Waals surface area contributed by atoms with Crippen LogP contribution >= 0.6 is 11.8 Å². The number of carbonyl (C=O) groups is 2. The van der Waals surface area contributed by atoms with Gasteiger partial charge in [-0.05, 0) is 75.5 Å². The predicted molar refractivity (Wildman–Crippen MR) is 204 cm³/mol. The van der Waals surface area contributed by atoms with Gasteiger partial charge in [-0.25, -0.2) is 37.1 Å². The number of phenols is 1. The van der Waals surface area contributed by atoms with Crippen LogP contribution < -0.4 is 15.1 Å². The Morgan fingerprint density at radius 3 is 2.13 bits per heavy atom. The van der Waals surface area contributed by atoms with Crippen LogP contribution in [0.2, 0.25) is 0 Å². The number of piperazine rings is 1. The summed E-state index contributed by atoms with van der Waals surface area (Å²) in [5.41, 5.74) is 1.81. The highest BCUT2D eigenvalue weighted by Gasteiger charge is 2.28. The van der Waals surface area contributed by atoms with E-state index < -0.39 is 33.2 Å². The zero-order valence-electron chi connectivity index (χ0n) is 29.7. The summed E-state index contributed by atoms with van der Waals surface area (Å²) in [6, 6.07) is 12.3. The number of aryl methyl sites for hydroxylation is 3. The number of hydrogen-bond acceptors (Lipinski definition) is 13. The highest BCUT2D eigenvalue weighted by Crippen LogP contribution is 2.41. The van der Waals surface area contributed by atoms with E-state index in [-0.39, 0.29) is 38.8 Å². The number of nitrogens with one attached hydrogen (secondary N) is 1. The van der Waals surface area contributed by atoms with Crippen LogP contribution in [0.15, 0.2) is 85.6 Å². The first-order chi connectivity index (χ1) is 26.1. The number of rotatable bonds is 8. The van der Waals surface area contributed by atoms with Crippen molar-refractivity contribution in [2.45, 2.75) is 30.2 Å². The van der Waals surface area contributed by atoms with Crippen LogP contribution in [-0.4, -0.2) is 94.1 Å². The highest BCUT2D eigenvalue weighted by atomic mass is 32.2. The van der Waals surface area contributed by atoms with Crippen molar-refractivity contribution in [3.63, 3.8) is 0 Å². The van der Waals surface area contributed by atoms with E-state index in [2.05, 4.69) is 29.8 Å². The minimum absolute atomic E-state index is 0.0120. The number of sulfonamides is 1. The third kappa shape index (κ3) is 8.58. The molecule has 55 heavy (non-hydrogen) atoms. The van der Waals surface area contributed by atoms with Crippen LogP contribution in [0, 0.1) is 19.7 Å². The van der Waals surface area contributed by atoms with Crippen molar-refractivity contribution in [3.8, 4) is 5.75 Å². The van der Waals surface area contributed by atoms with Crippen LogP contribution in [0.3, 0.4) is 0 Å². The van der Waals surface area contributed by atoms with Crippen LogP contribution in [0.5, 0.6) is 5.75 Å². The predicted octanol–water partition coefficient (Wildman–Crippen LogP) is 5.41. The Morgan fingerprint density at radius 2 is 1.49 bits per heavy atom. The summed E-state index contributed by atoms with van der Waals surface area (Å²) in [5, 5.41) is 35.8. The van der Waals surface area contributed by atoms with Crippen molar-refractivity contribution in [1.29, 1.82) is 0 Å². The van der Waals surface area contributed by atoms with Gasteiger partial charge in [-0.1, -0.05) is 0 Å². The molecule has 0 radical (unpaired) electrons. The number of aromatic hydroxyl groups is 1. The van der Waals surface area contributed by atoms with Gasteiger partial charge in [0, 0.05) is 56.1 Å². The first-order valence-corrected chi connectivity index (χ1v) is 19.2. The number of nitrogens with zero attached hydrogens (tertiary/aromatic N) is 7. The second-order valence-electron chi connectivity index (χ2n) is 12.7. The monoisotopic (exact) mass is 790 g/mol. The van der Waals surface area contributed by atoms with E-state index in [9.17, 15) is 37.4 Å². The lowest BCUT2D eigenvalue weighted by molar-refractivity contribution is 0.0683. The molecule has 0 atom stereocenters. The van der Waals surface area contributed by atoms with Crippen LogP contribution in [0.1, 0.15) is 32.1 Å². The van der Waals surface area contributed by atoms with Crippen molar-refractivity contribution in [3.05, 3.63) is 99.3 Å². The Morgan fingerprint density at radius 1 is 0.873 bits per heavy atom. The molecule has 4 N–H and O–H groups in total. The topological polar surface area (TPSA) is 220 Å². The Hall–Kier alpha value is -5.92. The molecule has 0 amide bonds. The van der Waals surface area contributed by atoms with Crippen molar-refractivity contribution >= 4 is 67.6 Å². The Bertz CT molecular complexity index is 2500. The molecule has 2 aliphatic heterocycles. The van der Waals surface area contributed by atoms with Crippen molar-refractivity contribution in [2.24, 2.45) is 10.2 Å². The lowest BCUT2D eigenvalue weighted by Gasteiger charge is -2.36. The van der Waals surface area contributed by atoms with Gasteiger partial charge in [0.25, 0.3) is 10.0 Å².